The molecular formula is C30H29FO. The molecule has 0 unspecified atom stereocenters. The van der Waals surface area contributed by atoms with Gasteiger partial charge in [0.15, 0.2) is 0 Å². The van der Waals surface area contributed by atoms with Crippen LogP contribution in [0.4, 0.5) is 4.39 Å². The number of benzene rings is 4. The second kappa shape index (κ2) is 10.3. The van der Waals surface area contributed by atoms with Gasteiger partial charge in [-0.2, -0.15) is 0 Å². The highest BCUT2D eigenvalue weighted by atomic mass is 19.1. The summed E-state index contributed by atoms with van der Waals surface area (Å²) in [6.45, 7) is 6.31. The molecular weight excluding hydrogens is 395 g/mol. The largest absolute Gasteiger partial charge is 0.490 e. The molecule has 2 heteroatoms. The third-order valence-corrected chi connectivity index (χ3v) is 5.82. The molecule has 4 aromatic carbocycles. The summed E-state index contributed by atoms with van der Waals surface area (Å²) in [4.78, 5) is 0. The topological polar surface area (TPSA) is 9.23 Å². The van der Waals surface area contributed by atoms with Crippen LogP contribution in [0.15, 0.2) is 91.5 Å². The molecule has 1 nitrogen and oxygen atoms in total. The van der Waals surface area contributed by atoms with Gasteiger partial charge in [0.1, 0.15) is 18.2 Å². The van der Waals surface area contributed by atoms with Gasteiger partial charge in [0.2, 0.25) is 0 Å². The second-order valence-corrected chi connectivity index (χ2v) is 8.17. The summed E-state index contributed by atoms with van der Waals surface area (Å²) in [6, 6.07) is 26.4. The lowest BCUT2D eigenvalue weighted by atomic mass is 9.97. The molecule has 0 aromatic heterocycles. The zero-order chi connectivity index (χ0) is 22.3. The van der Waals surface area contributed by atoms with Gasteiger partial charge in [0, 0.05) is 10.9 Å². The van der Waals surface area contributed by atoms with Crippen LogP contribution in [0.3, 0.4) is 0 Å². The number of ether oxygens (including phenoxy) is 1. The van der Waals surface area contributed by atoms with Crippen LogP contribution < -0.4 is 4.74 Å². The molecule has 0 aliphatic rings. The first-order chi connectivity index (χ1) is 15.7. The van der Waals surface area contributed by atoms with Gasteiger partial charge in [0.05, 0.1) is 0 Å². The van der Waals surface area contributed by atoms with Crippen molar-refractivity contribution >= 4 is 10.8 Å². The van der Waals surface area contributed by atoms with E-state index < -0.39 is 0 Å². The van der Waals surface area contributed by atoms with E-state index >= 15 is 4.39 Å². The maximum absolute atomic E-state index is 15.3. The van der Waals surface area contributed by atoms with Crippen LogP contribution in [-0.4, -0.2) is 6.61 Å². The predicted octanol–water partition coefficient (Wildman–Crippen LogP) is 7.95. The fourth-order valence-corrected chi connectivity index (χ4v) is 4.06. The first-order valence-electron chi connectivity index (χ1n) is 11.3. The molecule has 0 atom stereocenters. The minimum absolute atomic E-state index is 0.180. The van der Waals surface area contributed by atoms with Crippen molar-refractivity contribution in [3.63, 3.8) is 0 Å². The van der Waals surface area contributed by atoms with Gasteiger partial charge in [-0.25, -0.2) is 4.39 Å². The van der Waals surface area contributed by atoms with E-state index in [1.54, 1.807) is 6.08 Å². The molecule has 0 radical (unpaired) electrons. The normalized spacial score (nSPS) is 10.9. The van der Waals surface area contributed by atoms with E-state index in [2.05, 4.69) is 43.8 Å². The average molecular weight is 425 g/mol. The molecule has 0 saturated carbocycles. The quantitative estimate of drug-likeness (QED) is 0.248. The first-order valence-corrected chi connectivity index (χ1v) is 11.3. The van der Waals surface area contributed by atoms with Crippen LogP contribution in [0.25, 0.3) is 21.9 Å². The molecule has 32 heavy (non-hydrogen) atoms. The summed E-state index contributed by atoms with van der Waals surface area (Å²) < 4.78 is 20.8. The Morgan fingerprint density at radius 3 is 2.12 bits per heavy atom. The zero-order valence-electron chi connectivity index (χ0n) is 18.6. The summed E-state index contributed by atoms with van der Waals surface area (Å²) in [7, 11) is 0. The number of rotatable bonds is 9. The molecule has 0 aliphatic carbocycles. The molecule has 4 rings (SSSR count). The Hall–Kier alpha value is -3.39. The standard InChI is InChI=1S/C30H29FO/c1-3-5-22-6-8-23(9-7-22)10-11-24-12-18-29-26(21-24)15-19-28(30(29)31)25-13-16-27(17-14-25)32-20-4-2/h4,6-9,12-19,21H,2-3,5,10-11,20H2,1H3. The van der Waals surface area contributed by atoms with Gasteiger partial charge in [-0.15, -0.1) is 0 Å². The maximum atomic E-state index is 15.3. The summed E-state index contributed by atoms with van der Waals surface area (Å²) in [5.74, 6) is 0.569. The summed E-state index contributed by atoms with van der Waals surface area (Å²) >= 11 is 0. The lowest BCUT2D eigenvalue weighted by Crippen LogP contribution is -1.94. The highest BCUT2D eigenvalue weighted by Crippen LogP contribution is 2.31. The highest BCUT2D eigenvalue weighted by Gasteiger charge is 2.10. The summed E-state index contributed by atoms with van der Waals surface area (Å²) in [5, 5.41) is 1.59. The van der Waals surface area contributed by atoms with Crippen molar-refractivity contribution < 1.29 is 9.13 Å². The molecule has 0 saturated heterocycles. The van der Waals surface area contributed by atoms with Gasteiger partial charge in [-0.1, -0.05) is 92.7 Å². The van der Waals surface area contributed by atoms with Gasteiger partial charge in [-0.3, -0.25) is 0 Å². The number of halogens is 1. The highest BCUT2D eigenvalue weighted by molar-refractivity contribution is 5.88. The number of aryl methyl sites for hydroxylation is 3. The van der Waals surface area contributed by atoms with E-state index in [0.717, 1.165) is 36.0 Å². The van der Waals surface area contributed by atoms with Crippen molar-refractivity contribution in [1.82, 2.24) is 0 Å². The zero-order valence-corrected chi connectivity index (χ0v) is 18.6. The number of hydrogen-bond donors (Lipinski definition) is 0. The number of hydrogen-bond acceptors (Lipinski definition) is 1. The average Bonchev–Trinajstić information content (AvgIpc) is 2.83. The van der Waals surface area contributed by atoms with Crippen LogP contribution in [0.5, 0.6) is 5.75 Å². The van der Waals surface area contributed by atoms with Crippen LogP contribution in [0.2, 0.25) is 0 Å². The molecule has 0 spiro atoms. The molecule has 4 aromatic rings. The Kier molecular flexibility index (Phi) is 7.01. The van der Waals surface area contributed by atoms with Crippen LogP contribution in [0.1, 0.15) is 30.0 Å². The van der Waals surface area contributed by atoms with Crippen molar-refractivity contribution in [3.8, 4) is 16.9 Å². The summed E-state index contributed by atoms with van der Waals surface area (Å²) in [5.41, 5.74) is 5.41. The number of fused-ring (bicyclic) bond motifs is 1. The molecule has 0 bridgehead atoms. The first kappa shape index (κ1) is 21.8. The van der Waals surface area contributed by atoms with E-state index in [1.807, 2.05) is 48.5 Å². The predicted molar refractivity (Wildman–Crippen MR) is 133 cm³/mol. The Labute approximate surface area is 190 Å². The summed E-state index contributed by atoms with van der Waals surface area (Å²) in [6.07, 6.45) is 5.93. The van der Waals surface area contributed by atoms with Crippen molar-refractivity contribution in [2.75, 3.05) is 6.61 Å². The Morgan fingerprint density at radius 2 is 1.44 bits per heavy atom. The van der Waals surface area contributed by atoms with E-state index in [1.165, 1.54) is 23.1 Å². The van der Waals surface area contributed by atoms with Crippen LogP contribution >= 0.6 is 0 Å². The SMILES string of the molecule is C=CCOc1ccc(-c2ccc3cc(CCc4ccc(CCC)cc4)ccc3c2F)cc1. The molecule has 0 amide bonds. The lowest BCUT2D eigenvalue weighted by Gasteiger charge is -2.10. The lowest BCUT2D eigenvalue weighted by molar-refractivity contribution is 0.363. The monoisotopic (exact) mass is 424 g/mol. The van der Waals surface area contributed by atoms with Gasteiger partial charge < -0.3 is 4.74 Å². The van der Waals surface area contributed by atoms with E-state index in [0.29, 0.717) is 17.6 Å². The smallest absolute Gasteiger partial charge is 0.138 e. The fraction of sp³-hybridized carbons (Fsp3) is 0.200. The Morgan fingerprint density at radius 1 is 0.781 bits per heavy atom. The molecule has 162 valence electrons. The van der Waals surface area contributed by atoms with Gasteiger partial charge in [0.25, 0.3) is 0 Å². The third-order valence-electron chi connectivity index (χ3n) is 5.82. The fourth-order valence-electron chi connectivity index (χ4n) is 4.06. The van der Waals surface area contributed by atoms with Gasteiger partial charge >= 0.3 is 0 Å². The molecule has 0 N–H and O–H groups in total. The van der Waals surface area contributed by atoms with E-state index in [9.17, 15) is 0 Å². The van der Waals surface area contributed by atoms with Crippen molar-refractivity contribution in [3.05, 3.63) is 114 Å². The maximum Gasteiger partial charge on any atom is 0.138 e. The minimum Gasteiger partial charge on any atom is -0.490 e. The van der Waals surface area contributed by atoms with Crippen molar-refractivity contribution in [2.24, 2.45) is 0 Å². The van der Waals surface area contributed by atoms with Crippen LogP contribution in [0, 0.1) is 5.82 Å². The molecule has 0 aliphatic heterocycles. The van der Waals surface area contributed by atoms with E-state index in [4.69, 9.17) is 4.74 Å². The van der Waals surface area contributed by atoms with E-state index in [-0.39, 0.29) is 5.82 Å². The molecule has 0 fully saturated rings. The second-order valence-electron chi connectivity index (χ2n) is 8.17. The van der Waals surface area contributed by atoms with Crippen LogP contribution in [-0.2, 0) is 19.3 Å². The van der Waals surface area contributed by atoms with Crippen molar-refractivity contribution in [1.29, 1.82) is 0 Å². The minimum atomic E-state index is -0.180. The Bertz CT molecular complexity index is 1190. The molecule has 0 heterocycles. The third kappa shape index (κ3) is 5.08. The van der Waals surface area contributed by atoms with Crippen molar-refractivity contribution in [2.45, 2.75) is 32.6 Å². The van der Waals surface area contributed by atoms with Gasteiger partial charge in [-0.05, 0) is 59.0 Å². The Balaban J connectivity index is 1.49.